The molecule has 2 N–H and O–H groups in total. The third-order valence-corrected chi connectivity index (χ3v) is 3.62. The van der Waals surface area contributed by atoms with Gasteiger partial charge in [0.2, 0.25) is 0 Å². The van der Waals surface area contributed by atoms with Gasteiger partial charge in [0.05, 0.1) is 12.2 Å². The molecule has 0 spiro atoms. The SMILES string of the molecule is Cc1cc(Cl)c(C(C)CC(O)C(C)O)cc1C. The third-order valence-electron chi connectivity index (χ3n) is 3.30. The second-order valence-electron chi connectivity index (χ2n) is 4.90. The van der Waals surface area contributed by atoms with Crippen LogP contribution in [0.25, 0.3) is 0 Å². The van der Waals surface area contributed by atoms with E-state index in [2.05, 4.69) is 6.07 Å². The standard InChI is InChI=1S/C14H21ClO2/c1-8-5-12(13(15)6-9(8)2)10(3)7-14(17)11(4)16/h5-6,10-11,14,16-17H,7H2,1-4H3. The Balaban J connectivity index is 2.89. The lowest BCUT2D eigenvalue weighted by Gasteiger charge is -2.20. The predicted octanol–water partition coefficient (Wildman–Crippen LogP) is 3.19. The topological polar surface area (TPSA) is 40.5 Å². The molecule has 3 heteroatoms. The summed E-state index contributed by atoms with van der Waals surface area (Å²) in [7, 11) is 0. The minimum absolute atomic E-state index is 0.131. The quantitative estimate of drug-likeness (QED) is 0.869. The maximum Gasteiger partial charge on any atom is 0.0802 e. The van der Waals surface area contributed by atoms with Gasteiger partial charge in [-0.05, 0) is 55.9 Å². The fourth-order valence-corrected chi connectivity index (χ4v) is 2.27. The summed E-state index contributed by atoms with van der Waals surface area (Å²) in [5.41, 5.74) is 3.40. The minimum Gasteiger partial charge on any atom is -0.391 e. The van der Waals surface area contributed by atoms with Crippen LogP contribution in [0, 0.1) is 13.8 Å². The van der Waals surface area contributed by atoms with E-state index in [0.29, 0.717) is 6.42 Å². The first-order valence-electron chi connectivity index (χ1n) is 5.95. The highest BCUT2D eigenvalue weighted by Crippen LogP contribution is 2.30. The summed E-state index contributed by atoms with van der Waals surface area (Å²) in [4.78, 5) is 0. The van der Waals surface area contributed by atoms with Crippen LogP contribution in [-0.2, 0) is 0 Å². The predicted molar refractivity (Wildman–Crippen MR) is 71.6 cm³/mol. The number of aliphatic hydroxyl groups excluding tert-OH is 2. The van der Waals surface area contributed by atoms with Crippen LogP contribution in [0.5, 0.6) is 0 Å². The molecule has 1 aromatic rings. The fourth-order valence-electron chi connectivity index (χ4n) is 1.87. The lowest BCUT2D eigenvalue weighted by Crippen LogP contribution is -2.24. The van der Waals surface area contributed by atoms with Crippen molar-refractivity contribution in [2.24, 2.45) is 0 Å². The van der Waals surface area contributed by atoms with Gasteiger partial charge in [-0.25, -0.2) is 0 Å². The summed E-state index contributed by atoms with van der Waals surface area (Å²) in [6, 6.07) is 4.02. The van der Waals surface area contributed by atoms with Crippen LogP contribution in [0.15, 0.2) is 12.1 Å². The fraction of sp³-hybridized carbons (Fsp3) is 0.571. The summed E-state index contributed by atoms with van der Waals surface area (Å²) in [6.07, 6.45) is -0.898. The van der Waals surface area contributed by atoms with Crippen LogP contribution < -0.4 is 0 Å². The van der Waals surface area contributed by atoms with Gasteiger partial charge >= 0.3 is 0 Å². The molecule has 0 radical (unpaired) electrons. The van der Waals surface area contributed by atoms with Crippen LogP contribution >= 0.6 is 11.6 Å². The van der Waals surface area contributed by atoms with E-state index in [9.17, 15) is 10.2 Å². The summed E-state index contributed by atoms with van der Waals surface area (Å²) in [6.45, 7) is 7.69. The Kier molecular flexibility index (Phi) is 4.99. The Labute approximate surface area is 108 Å². The first-order chi connectivity index (χ1) is 7.82. The molecule has 0 fully saturated rings. The molecule has 0 saturated carbocycles. The Morgan fingerprint density at radius 2 is 1.65 bits per heavy atom. The van der Waals surface area contributed by atoms with Crippen molar-refractivity contribution in [3.8, 4) is 0 Å². The molecular formula is C14H21ClO2. The number of hydrogen-bond acceptors (Lipinski definition) is 2. The zero-order chi connectivity index (χ0) is 13.2. The summed E-state index contributed by atoms with van der Waals surface area (Å²) in [5.74, 6) is 0.131. The van der Waals surface area contributed by atoms with E-state index in [1.54, 1.807) is 6.92 Å². The van der Waals surface area contributed by atoms with Gasteiger partial charge in [0.15, 0.2) is 0 Å². The molecule has 3 unspecified atom stereocenters. The smallest absolute Gasteiger partial charge is 0.0802 e. The molecule has 0 aromatic heterocycles. The first kappa shape index (κ1) is 14.5. The van der Waals surface area contributed by atoms with E-state index < -0.39 is 12.2 Å². The third kappa shape index (κ3) is 3.70. The highest BCUT2D eigenvalue weighted by Gasteiger charge is 2.18. The van der Waals surface area contributed by atoms with Crippen LogP contribution in [0.2, 0.25) is 5.02 Å². The van der Waals surface area contributed by atoms with E-state index in [4.69, 9.17) is 11.6 Å². The number of benzene rings is 1. The number of rotatable bonds is 4. The van der Waals surface area contributed by atoms with E-state index >= 15 is 0 Å². The largest absolute Gasteiger partial charge is 0.391 e. The Morgan fingerprint density at radius 1 is 1.12 bits per heavy atom. The molecule has 17 heavy (non-hydrogen) atoms. The van der Waals surface area contributed by atoms with Crippen molar-refractivity contribution in [3.05, 3.63) is 33.8 Å². The highest BCUT2D eigenvalue weighted by atomic mass is 35.5. The normalized spacial score (nSPS) is 16.6. The Hall–Kier alpha value is -0.570. The van der Waals surface area contributed by atoms with Gasteiger partial charge in [0.25, 0.3) is 0 Å². The summed E-state index contributed by atoms with van der Waals surface area (Å²) >= 11 is 6.22. The zero-order valence-corrected chi connectivity index (χ0v) is 11.6. The second kappa shape index (κ2) is 5.85. The first-order valence-corrected chi connectivity index (χ1v) is 6.33. The number of hydrogen-bond donors (Lipinski definition) is 2. The molecule has 0 heterocycles. The van der Waals surface area contributed by atoms with Crippen molar-refractivity contribution in [3.63, 3.8) is 0 Å². The van der Waals surface area contributed by atoms with Crippen LogP contribution in [-0.4, -0.2) is 22.4 Å². The van der Waals surface area contributed by atoms with Crippen molar-refractivity contribution in [1.29, 1.82) is 0 Å². The van der Waals surface area contributed by atoms with Gasteiger partial charge in [-0.2, -0.15) is 0 Å². The maximum atomic E-state index is 9.68. The molecule has 0 aliphatic heterocycles. The molecule has 0 bridgehead atoms. The molecule has 0 aliphatic rings. The van der Waals surface area contributed by atoms with Gasteiger partial charge in [-0.1, -0.05) is 24.6 Å². The average molecular weight is 257 g/mol. The maximum absolute atomic E-state index is 9.68. The van der Waals surface area contributed by atoms with Gasteiger partial charge in [0, 0.05) is 5.02 Å². The molecule has 96 valence electrons. The Bertz CT molecular complexity index is 388. The van der Waals surface area contributed by atoms with Gasteiger partial charge in [-0.3, -0.25) is 0 Å². The van der Waals surface area contributed by atoms with E-state index in [-0.39, 0.29) is 5.92 Å². The van der Waals surface area contributed by atoms with Crippen molar-refractivity contribution in [1.82, 2.24) is 0 Å². The zero-order valence-electron chi connectivity index (χ0n) is 10.9. The van der Waals surface area contributed by atoms with Crippen LogP contribution in [0.4, 0.5) is 0 Å². The van der Waals surface area contributed by atoms with Crippen LogP contribution in [0.1, 0.15) is 42.9 Å². The molecule has 2 nitrogen and oxygen atoms in total. The molecular weight excluding hydrogens is 236 g/mol. The molecule has 0 amide bonds. The van der Waals surface area contributed by atoms with Gasteiger partial charge < -0.3 is 10.2 Å². The molecule has 1 aromatic carbocycles. The summed E-state index contributed by atoms with van der Waals surface area (Å²) in [5, 5.41) is 19.7. The van der Waals surface area contributed by atoms with Crippen LogP contribution in [0.3, 0.4) is 0 Å². The number of aryl methyl sites for hydroxylation is 2. The van der Waals surface area contributed by atoms with Gasteiger partial charge in [0.1, 0.15) is 0 Å². The lowest BCUT2D eigenvalue weighted by atomic mass is 9.91. The lowest BCUT2D eigenvalue weighted by molar-refractivity contribution is 0.0227. The number of halogens is 1. The van der Waals surface area contributed by atoms with E-state index in [1.165, 1.54) is 11.1 Å². The average Bonchev–Trinajstić information content (AvgIpc) is 2.22. The highest BCUT2D eigenvalue weighted by molar-refractivity contribution is 6.31. The van der Waals surface area contributed by atoms with Crippen molar-refractivity contribution in [2.75, 3.05) is 0 Å². The monoisotopic (exact) mass is 256 g/mol. The van der Waals surface area contributed by atoms with E-state index in [0.717, 1.165) is 10.6 Å². The van der Waals surface area contributed by atoms with Crippen molar-refractivity contribution in [2.45, 2.75) is 52.2 Å². The number of aliphatic hydroxyl groups is 2. The van der Waals surface area contributed by atoms with Crippen molar-refractivity contribution < 1.29 is 10.2 Å². The Morgan fingerprint density at radius 3 is 2.18 bits per heavy atom. The van der Waals surface area contributed by atoms with E-state index in [1.807, 2.05) is 26.8 Å². The van der Waals surface area contributed by atoms with Gasteiger partial charge in [-0.15, -0.1) is 0 Å². The molecule has 0 aliphatic carbocycles. The van der Waals surface area contributed by atoms with Crippen molar-refractivity contribution >= 4 is 11.6 Å². The molecule has 0 saturated heterocycles. The summed E-state index contributed by atoms with van der Waals surface area (Å²) < 4.78 is 0. The minimum atomic E-state index is -0.706. The second-order valence-corrected chi connectivity index (χ2v) is 5.31. The molecule has 3 atom stereocenters. The molecule has 1 rings (SSSR count).